The van der Waals surface area contributed by atoms with Crippen molar-refractivity contribution in [2.24, 2.45) is 7.05 Å². The second-order valence-corrected chi connectivity index (χ2v) is 4.88. The molecular weight excluding hydrogens is 212 g/mol. The van der Waals surface area contributed by atoms with Crippen molar-refractivity contribution in [3.63, 3.8) is 0 Å². The highest BCUT2D eigenvalue weighted by Gasteiger charge is 2.20. The lowest BCUT2D eigenvalue weighted by molar-refractivity contribution is 0.414. The molecule has 0 aliphatic carbocycles. The Labute approximate surface area is 101 Å². The molecule has 0 spiro atoms. The molecule has 1 N–H and O–H groups in total. The van der Waals surface area contributed by atoms with Crippen LogP contribution >= 0.6 is 0 Å². The molecule has 3 rings (SSSR count). The summed E-state index contributed by atoms with van der Waals surface area (Å²) in [4.78, 5) is 6.98. The Kier molecular flexibility index (Phi) is 2.52. The van der Waals surface area contributed by atoms with Gasteiger partial charge in [0, 0.05) is 19.6 Å². The summed E-state index contributed by atoms with van der Waals surface area (Å²) in [6.45, 7) is 2.27. The lowest BCUT2D eigenvalue weighted by atomic mass is 10.3. The average Bonchev–Trinajstić information content (AvgIpc) is 2.86. The number of hydrogen-bond acceptors (Lipinski definition) is 3. The number of fused-ring (bicyclic) bond motifs is 1. The maximum absolute atomic E-state index is 4.63. The smallest absolute Gasteiger partial charge is 0.203 e. The van der Waals surface area contributed by atoms with Crippen LogP contribution in [0.25, 0.3) is 11.0 Å². The van der Waals surface area contributed by atoms with Crippen molar-refractivity contribution < 1.29 is 0 Å². The van der Waals surface area contributed by atoms with Crippen molar-refractivity contribution in [1.29, 1.82) is 0 Å². The topological polar surface area (TPSA) is 33.1 Å². The normalized spacial score (nSPS) is 21.2. The lowest BCUT2D eigenvalue weighted by Crippen LogP contribution is -2.24. The standard InChI is InChI=1S/C13H18N4/c1-16-8-7-10(9-16)14-13-15-11-5-3-4-6-12(11)17(13)2/h3-6,10H,7-9H2,1-2H3,(H,14,15). The Hall–Kier alpha value is -1.55. The van der Waals surface area contributed by atoms with E-state index < -0.39 is 0 Å². The van der Waals surface area contributed by atoms with Gasteiger partial charge in [0.25, 0.3) is 0 Å². The molecule has 1 unspecified atom stereocenters. The maximum atomic E-state index is 4.63. The summed E-state index contributed by atoms with van der Waals surface area (Å²) in [6.07, 6.45) is 1.19. The zero-order chi connectivity index (χ0) is 11.8. The number of aryl methyl sites for hydroxylation is 1. The highest BCUT2D eigenvalue weighted by Crippen LogP contribution is 2.20. The van der Waals surface area contributed by atoms with E-state index in [4.69, 9.17) is 0 Å². The van der Waals surface area contributed by atoms with Crippen LogP contribution in [-0.2, 0) is 7.05 Å². The van der Waals surface area contributed by atoms with Gasteiger partial charge in [0.05, 0.1) is 11.0 Å². The molecule has 2 heterocycles. The van der Waals surface area contributed by atoms with E-state index in [1.54, 1.807) is 0 Å². The van der Waals surface area contributed by atoms with Crippen LogP contribution in [0.3, 0.4) is 0 Å². The van der Waals surface area contributed by atoms with E-state index in [9.17, 15) is 0 Å². The number of anilines is 1. The van der Waals surface area contributed by atoms with E-state index in [2.05, 4.69) is 52.1 Å². The number of hydrogen-bond donors (Lipinski definition) is 1. The SMILES string of the molecule is CN1CCC(Nc2nc3ccccc3n2C)C1. The van der Waals surface area contributed by atoms with E-state index in [0.717, 1.165) is 18.0 Å². The van der Waals surface area contributed by atoms with Crippen LogP contribution in [0.15, 0.2) is 24.3 Å². The van der Waals surface area contributed by atoms with Crippen molar-refractivity contribution in [3.8, 4) is 0 Å². The molecule has 2 aromatic rings. The second kappa shape index (κ2) is 4.04. The summed E-state index contributed by atoms with van der Waals surface area (Å²) in [7, 11) is 4.23. The Balaban J connectivity index is 1.88. The fraction of sp³-hybridized carbons (Fsp3) is 0.462. The molecule has 1 aliphatic heterocycles. The summed E-state index contributed by atoms with van der Waals surface area (Å²) < 4.78 is 2.13. The summed E-state index contributed by atoms with van der Waals surface area (Å²) in [5, 5.41) is 3.54. The first-order valence-corrected chi connectivity index (χ1v) is 6.10. The molecule has 1 fully saturated rings. The molecule has 90 valence electrons. The number of nitrogens with zero attached hydrogens (tertiary/aromatic N) is 3. The van der Waals surface area contributed by atoms with Gasteiger partial charge in [-0.25, -0.2) is 4.98 Å². The third-order valence-electron chi connectivity index (χ3n) is 3.51. The second-order valence-electron chi connectivity index (χ2n) is 4.88. The molecule has 1 atom stereocenters. The Morgan fingerprint density at radius 1 is 1.29 bits per heavy atom. The Morgan fingerprint density at radius 2 is 2.12 bits per heavy atom. The number of aromatic nitrogens is 2. The summed E-state index contributed by atoms with van der Waals surface area (Å²) in [5.41, 5.74) is 2.24. The van der Waals surface area contributed by atoms with E-state index >= 15 is 0 Å². The summed E-state index contributed by atoms with van der Waals surface area (Å²) >= 11 is 0. The van der Waals surface area contributed by atoms with Crippen LogP contribution in [0, 0.1) is 0 Å². The average molecular weight is 230 g/mol. The minimum Gasteiger partial charge on any atom is -0.352 e. The van der Waals surface area contributed by atoms with Crippen molar-refractivity contribution in [1.82, 2.24) is 14.5 Å². The van der Waals surface area contributed by atoms with Crippen LogP contribution in [0.1, 0.15) is 6.42 Å². The number of rotatable bonds is 2. The molecule has 1 aromatic carbocycles. The van der Waals surface area contributed by atoms with Gasteiger partial charge in [-0.05, 0) is 32.1 Å². The summed E-state index contributed by atoms with van der Waals surface area (Å²) in [5.74, 6) is 0.978. The zero-order valence-corrected chi connectivity index (χ0v) is 10.3. The summed E-state index contributed by atoms with van der Waals surface area (Å²) in [6, 6.07) is 8.77. The van der Waals surface area contributed by atoms with E-state index in [-0.39, 0.29) is 0 Å². The largest absolute Gasteiger partial charge is 0.352 e. The van der Waals surface area contributed by atoms with Crippen LogP contribution < -0.4 is 5.32 Å². The number of benzene rings is 1. The number of likely N-dealkylation sites (tertiary alicyclic amines) is 1. The maximum Gasteiger partial charge on any atom is 0.203 e. The monoisotopic (exact) mass is 230 g/mol. The molecule has 1 aliphatic rings. The van der Waals surface area contributed by atoms with Gasteiger partial charge in [-0.15, -0.1) is 0 Å². The molecule has 0 saturated carbocycles. The fourth-order valence-electron chi connectivity index (χ4n) is 2.51. The van der Waals surface area contributed by atoms with E-state index in [1.165, 1.54) is 18.5 Å². The zero-order valence-electron chi connectivity index (χ0n) is 10.3. The van der Waals surface area contributed by atoms with Crippen molar-refractivity contribution in [2.45, 2.75) is 12.5 Å². The molecule has 4 nitrogen and oxygen atoms in total. The molecule has 0 amide bonds. The third kappa shape index (κ3) is 1.89. The molecular formula is C13H18N4. The molecule has 0 radical (unpaired) electrons. The van der Waals surface area contributed by atoms with E-state index in [0.29, 0.717) is 6.04 Å². The molecule has 0 bridgehead atoms. The van der Waals surface area contributed by atoms with Crippen molar-refractivity contribution in [2.75, 3.05) is 25.5 Å². The number of para-hydroxylation sites is 2. The predicted molar refractivity (Wildman–Crippen MR) is 70.2 cm³/mol. The highest BCUT2D eigenvalue weighted by atomic mass is 15.2. The quantitative estimate of drug-likeness (QED) is 0.852. The molecule has 17 heavy (non-hydrogen) atoms. The van der Waals surface area contributed by atoms with Crippen LogP contribution in [0.5, 0.6) is 0 Å². The number of imidazole rings is 1. The minimum atomic E-state index is 0.524. The van der Waals surface area contributed by atoms with Gasteiger partial charge in [-0.1, -0.05) is 12.1 Å². The van der Waals surface area contributed by atoms with Gasteiger partial charge in [0.15, 0.2) is 0 Å². The molecule has 1 saturated heterocycles. The molecule has 1 aromatic heterocycles. The van der Waals surface area contributed by atoms with Gasteiger partial charge in [-0.3, -0.25) is 0 Å². The predicted octanol–water partition coefficient (Wildman–Crippen LogP) is 1.69. The van der Waals surface area contributed by atoms with Crippen LogP contribution in [0.2, 0.25) is 0 Å². The molecule has 4 heteroatoms. The Bertz CT molecular complexity index is 531. The van der Waals surface area contributed by atoms with Gasteiger partial charge < -0.3 is 14.8 Å². The van der Waals surface area contributed by atoms with E-state index in [1.807, 2.05) is 6.07 Å². The van der Waals surface area contributed by atoms with Crippen LogP contribution in [0.4, 0.5) is 5.95 Å². The van der Waals surface area contributed by atoms with Gasteiger partial charge in [0.2, 0.25) is 5.95 Å². The number of nitrogens with one attached hydrogen (secondary N) is 1. The highest BCUT2D eigenvalue weighted by molar-refractivity contribution is 5.78. The first-order chi connectivity index (χ1) is 8.24. The van der Waals surface area contributed by atoms with Gasteiger partial charge >= 0.3 is 0 Å². The minimum absolute atomic E-state index is 0.524. The Morgan fingerprint density at radius 3 is 2.82 bits per heavy atom. The lowest BCUT2D eigenvalue weighted by Gasteiger charge is -2.13. The number of likely N-dealkylation sites (N-methyl/N-ethyl adjacent to an activating group) is 1. The van der Waals surface area contributed by atoms with Gasteiger partial charge in [-0.2, -0.15) is 0 Å². The van der Waals surface area contributed by atoms with Gasteiger partial charge in [0.1, 0.15) is 0 Å². The first kappa shape index (κ1) is 10.6. The third-order valence-corrected chi connectivity index (χ3v) is 3.51. The van der Waals surface area contributed by atoms with Crippen molar-refractivity contribution >= 4 is 17.0 Å². The van der Waals surface area contributed by atoms with Crippen LogP contribution in [-0.4, -0.2) is 40.6 Å². The van der Waals surface area contributed by atoms with Crippen molar-refractivity contribution in [3.05, 3.63) is 24.3 Å². The fourth-order valence-corrected chi connectivity index (χ4v) is 2.51. The first-order valence-electron chi connectivity index (χ1n) is 6.10.